The van der Waals surface area contributed by atoms with Crippen molar-refractivity contribution >= 4 is 17.4 Å². The predicted molar refractivity (Wildman–Crippen MR) is 97.9 cm³/mol. The van der Waals surface area contributed by atoms with Crippen LogP contribution in [-0.4, -0.2) is 29.7 Å². The first-order valence-electron chi connectivity index (χ1n) is 7.90. The summed E-state index contributed by atoms with van der Waals surface area (Å²) in [6.45, 7) is 6.51. The molecule has 0 amide bonds. The maximum atomic E-state index is 10.7. The van der Waals surface area contributed by atoms with Crippen LogP contribution in [0.4, 0.5) is 5.69 Å². The van der Waals surface area contributed by atoms with Crippen LogP contribution in [0.3, 0.4) is 0 Å². The molecule has 0 radical (unpaired) electrons. The van der Waals surface area contributed by atoms with Crippen molar-refractivity contribution in [1.29, 1.82) is 0 Å². The van der Waals surface area contributed by atoms with Gasteiger partial charge in [-0.25, -0.2) is 9.97 Å². The van der Waals surface area contributed by atoms with E-state index in [2.05, 4.69) is 53.1 Å². The Balaban J connectivity index is 1.82. The second-order valence-corrected chi connectivity index (χ2v) is 7.71. The van der Waals surface area contributed by atoms with Crippen LogP contribution in [-0.2, 0) is 12.5 Å². The molecule has 3 aromatic rings. The van der Waals surface area contributed by atoms with Gasteiger partial charge in [0.1, 0.15) is 12.4 Å². The molecule has 0 aliphatic carbocycles. The van der Waals surface area contributed by atoms with Crippen molar-refractivity contribution in [1.82, 2.24) is 24.7 Å². The largest absolute Gasteiger partial charge is 0.305 e. The molecule has 0 unspecified atom stereocenters. The fourth-order valence-corrected chi connectivity index (χ4v) is 2.99. The summed E-state index contributed by atoms with van der Waals surface area (Å²) in [4.78, 5) is 18.1. The van der Waals surface area contributed by atoms with Crippen molar-refractivity contribution in [3.8, 4) is 11.4 Å². The second-order valence-electron chi connectivity index (χ2n) is 6.78. The minimum absolute atomic E-state index is 0.0900. The normalized spacial score (nSPS) is 11.5. The maximum absolute atomic E-state index is 10.7. The predicted octanol–water partition coefficient (Wildman–Crippen LogP) is 3.63. The van der Waals surface area contributed by atoms with Crippen molar-refractivity contribution < 1.29 is 4.92 Å². The van der Waals surface area contributed by atoms with Crippen LogP contribution in [0.25, 0.3) is 11.4 Å². The van der Waals surface area contributed by atoms with Gasteiger partial charge >= 0.3 is 5.69 Å². The third kappa shape index (κ3) is 3.72. The Morgan fingerprint density at radius 3 is 2.23 bits per heavy atom. The Morgan fingerprint density at radius 1 is 1.08 bits per heavy atom. The number of hydrogen-bond donors (Lipinski definition) is 0. The Morgan fingerprint density at radius 2 is 1.69 bits per heavy atom. The minimum Gasteiger partial charge on any atom is -0.305 e. The number of aromatic nitrogens is 5. The molecule has 0 aliphatic heterocycles. The Kier molecular flexibility index (Phi) is 4.73. The Bertz CT molecular complexity index is 929. The summed E-state index contributed by atoms with van der Waals surface area (Å²) in [6.07, 6.45) is 2.36. The molecule has 8 nitrogen and oxygen atoms in total. The zero-order chi connectivity index (χ0) is 18.9. The highest BCUT2D eigenvalue weighted by Gasteiger charge is 2.17. The van der Waals surface area contributed by atoms with Gasteiger partial charge in [-0.3, -0.25) is 10.1 Å². The Hall–Kier alpha value is -2.81. The first-order chi connectivity index (χ1) is 12.3. The third-order valence-corrected chi connectivity index (χ3v) is 4.78. The topological polar surface area (TPSA) is 99.6 Å². The molecule has 2 heterocycles. The number of rotatable bonds is 4. The van der Waals surface area contributed by atoms with Gasteiger partial charge in [0.05, 0.1) is 4.92 Å². The highest BCUT2D eigenvalue weighted by molar-refractivity contribution is 7.99. The molecule has 1 aromatic carbocycles. The van der Waals surface area contributed by atoms with E-state index in [0.717, 1.165) is 11.4 Å². The lowest BCUT2D eigenvalue weighted by atomic mass is 9.87. The molecule has 0 fully saturated rings. The molecule has 0 N–H and O–H groups in total. The molecule has 9 heteroatoms. The van der Waals surface area contributed by atoms with E-state index < -0.39 is 4.92 Å². The van der Waals surface area contributed by atoms with Crippen LogP contribution < -0.4 is 0 Å². The van der Waals surface area contributed by atoms with E-state index in [0.29, 0.717) is 10.3 Å². The van der Waals surface area contributed by atoms with Crippen molar-refractivity contribution in [2.45, 2.75) is 36.5 Å². The first kappa shape index (κ1) is 18.0. The molecule has 0 aliphatic rings. The average molecular weight is 370 g/mol. The standard InChI is InChI=1S/C17H18N6O2S/c1-17(2,3)12-7-5-11(6-8-12)14-20-21-16(22(14)4)26-15-18-9-13(10-19-15)23(24)25/h5-10H,1-4H3. The summed E-state index contributed by atoms with van der Waals surface area (Å²) in [6, 6.07) is 8.25. The lowest BCUT2D eigenvalue weighted by Crippen LogP contribution is -2.10. The summed E-state index contributed by atoms with van der Waals surface area (Å²) >= 11 is 1.20. The fraction of sp³-hybridized carbons (Fsp3) is 0.294. The van der Waals surface area contributed by atoms with Crippen LogP contribution in [0.1, 0.15) is 26.3 Å². The van der Waals surface area contributed by atoms with E-state index in [4.69, 9.17) is 0 Å². The molecule has 0 bridgehead atoms. The van der Waals surface area contributed by atoms with Crippen LogP contribution in [0.15, 0.2) is 47.0 Å². The lowest BCUT2D eigenvalue weighted by Gasteiger charge is -2.19. The van der Waals surface area contributed by atoms with Crippen molar-refractivity contribution in [3.63, 3.8) is 0 Å². The van der Waals surface area contributed by atoms with Crippen molar-refractivity contribution in [2.24, 2.45) is 7.05 Å². The summed E-state index contributed by atoms with van der Waals surface area (Å²) in [7, 11) is 1.86. The highest BCUT2D eigenvalue weighted by atomic mass is 32.2. The van der Waals surface area contributed by atoms with Gasteiger partial charge in [0.25, 0.3) is 0 Å². The fourth-order valence-electron chi connectivity index (χ4n) is 2.31. The van der Waals surface area contributed by atoms with E-state index in [1.54, 1.807) is 0 Å². The molecule has 0 atom stereocenters. The molecule has 0 saturated carbocycles. The molecule has 0 saturated heterocycles. The smallest absolute Gasteiger partial charge is 0.305 e. The van der Waals surface area contributed by atoms with Gasteiger partial charge in [0.15, 0.2) is 16.1 Å². The second kappa shape index (κ2) is 6.83. The summed E-state index contributed by atoms with van der Waals surface area (Å²) < 4.78 is 1.85. The summed E-state index contributed by atoms with van der Waals surface area (Å²) in [5.41, 5.74) is 2.15. The number of benzene rings is 1. The lowest BCUT2D eigenvalue weighted by molar-refractivity contribution is -0.385. The van der Waals surface area contributed by atoms with Gasteiger partial charge in [-0.1, -0.05) is 45.0 Å². The molecule has 134 valence electrons. The number of nitro groups is 1. The molecule has 2 aromatic heterocycles. The minimum atomic E-state index is -0.532. The molecular weight excluding hydrogens is 352 g/mol. The van der Waals surface area contributed by atoms with Crippen LogP contribution >= 0.6 is 11.8 Å². The maximum Gasteiger partial charge on any atom is 0.305 e. The third-order valence-electron chi connectivity index (χ3n) is 3.85. The van der Waals surface area contributed by atoms with Gasteiger partial charge in [-0.05, 0) is 22.7 Å². The SMILES string of the molecule is Cn1c(Sc2ncc([N+](=O)[O-])cn2)nnc1-c1ccc(C(C)(C)C)cc1. The zero-order valence-corrected chi connectivity index (χ0v) is 15.7. The van der Waals surface area contributed by atoms with E-state index in [1.807, 2.05) is 23.7 Å². The molecular formula is C17H18N6O2S. The van der Waals surface area contributed by atoms with E-state index in [-0.39, 0.29) is 11.1 Å². The average Bonchev–Trinajstić information content (AvgIpc) is 2.95. The number of nitrogens with zero attached hydrogens (tertiary/aromatic N) is 6. The molecule has 26 heavy (non-hydrogen) atoms. The number of hydrogen-bond acceptors (Lipinski definition) is 7. The Labute approximate surface area is 154 Å². The summed E-state index contributed by atoms with van der Waals surface area (Å²) in [5, 5.41) is 20.1. The monoisotopic (exact) mass is 370 g/mol. The quantitative estimate of drug-likeness (QED) is 0.393. The van der Waals surface area contributed by atoms with E-state index in [1.165, 1.54) is 29.7 Å². The van der Waals surface area contributed by atoms with Gasteiger partial charge in [0, 0.05) is 12.6 Å². The highest BCUT2D eigenvalue weighted by Crippen LogP contribution is 2.28. The van der Waals surface area contributed by atoms with Crippen LogP contribution in [0.5, 0.6) is 0 Å². The van der Waals surface area contributed by atoms with E-state index >= 15 is 0 Å². The first-order valence-corrected chi connectivity index (χ1v) is 8.72. The van der Waals surface area contributed by atoms with Gasteiger partial charge in [-0.2, -0.15) is 0 Å². The van der Waals surface area contributed by atoms with Crippen molar-refractivity contribution in [3.05, 3.63) is 52.3 Å². The van der Waals surface area contributed by atoms with Gasteiger partial charge in [-0.15, -0.1) is 10.2 Å². The van der Waals surface area contributed by atoms with Crippen LogP contribution in [0.2, 0.25) is 0 Å². The van der Waals surface area contributed by atoms with Gasteiger partial charge < -0.3 is 4.57 Å². The van der Waals surface area contributed by atoms with E-state index in [9.17, 15) is 10.1 Å². The zero-order valence-electron chi connectivity index (χ0n) is 14.9. The molecule has 0 spiro atoms. The van der Waals surface area contributed by atoms with Crippen molar-refractivity contribution in [2.75, 3.05) is 0 Å². The van der Waals surface area contributed by atoms with Gasteiger partial charge in [0.2, 0.25) is 0 Å². The molecule has 3 rings (SSSR count). The summed E-state index contributed by atoms with van der Waals surface area (Å²) in [5.74, 6) is 0.731. The van der Waals surface area contributed by atoms with Crippen LogP contribution in [0, 0.1) is 10.1 Å².